The van der Waals surface area contributed by atoms with Crippen molar-refractivity contribution in [1.82, 2.24) is 20.0 Å². The van der Waals surface area contributed by atoms with Crippen LogP contribution >= 0.6 is 0 Å². The number of hydrogen-bond donors (Lipinski definition) is 2. The standard InChI is InChI=1S/C23H27FN4O4/c1-14-18(15(2)26-25-14)21(29)19-20(16-6-3-4-7-17(16)24)28(23(31)22(19)30)9-5-8-27-10-12-32-13-11-27/h3-4,6-7,20,29H,5,8-13H2,1-2H3,(H,25,26)/t20-/m1/s1. The number of nitrogens with zero attached hydrogens (tertiary/aromatic N) is 3. The third kappa shape index (κ3) is 4.05. The number of carbonyl (C=O) groups excluding carboxylic acids is 2. The van der Waals surface area contributed by atoms with Crippen molar-refractivity contribution in [3.05, 3.63) is 58.2 Å². The molecular weight excluding hydrogens is 415 g/mol. The van der Waals surface area contributed by atoms with Crippen molar-refractivity contribution in [2.45, 2.75) is 26.3 Å². The summed E-state index contributed by atoms with van der Waals surface area (Å²) in [5, 5.41) is 17.9. The quantitative estimate of drug-likeness (QED) is 0.405. The van der Waals surface area contributed by atoms with E-state index in [4.69, 9.17) is 4.74 Å². The van der Waals surface area contributed by atoms with E-state index in [0.717, 1.165) is 19.6 Å². The Kier molecular flexibility index (Phi) is 6.38. The molecule has 170 valence electrons. The van der Waals surface area contributed by atoms with E-state index in [1.165, 1.54) is 11.0 Å². The maximum atomic E-state index is 14.8. The Balaban J connectivity index is 1.71. The Morgan fingerprint density at radius 1 is 1.22 bits per heavy atom. The number of hydrogen-bond acceptors (Lipinski definition) is 6. The van der Waals surface area contributed by atoms with Gasteiger partial charge in [0, 0.05) is 37.4 Å². The van der Waals surface area contributed by atoms with Gasteiger partial charge in [-0.05, 0) is 26.3 Å². The number of Topliss-reactive ketones (excluding diaryl/α,β-unsaturated/α-hetero) is 1. The van der Waals surface area contributed by atoms with Crippen LogP contribution < -0.4 is 0 Å². The molecule has 2 saturated heterocycles. The highest BCUT2D eigenvalue weighted by atomic mass is 19.1. The summed E-state index contributed by atoms with van der Waals surface area (Å²) in [7, 11) is 0. The molecule has 4 rings (SSSR count). The monoisotopic (exact) mass is 442 g/mol. The third-order valence-electron chi connectivity index (χ3n) is 6.08. The molecule has 3 heterocycles. The van der Waals surface area contributed by atoms with Gasteiger partial charge in [0.1, 0.15) is 11.6 Å². The fourth-order valence-electron chi connectivity index (χ4n) is 4.45. The van der Waals surface area contributed by atoms with Gasteiger partial charge in [-0.3, -0.25) is 19.6 Å². The molecule has 2 aliphatic heterocycles. The van der Waals surface area contributed by atoms with Crippen LogP contribution in [0.4, 0.5) is 4.39 Å². The summed E-state index contributed by atoms with van der Waals surface area (Å²) in [5.41, 5.74) is 1.48. The molecule has 32 heavy (non-hydrogen) atoms. The van der Waals surface area contributed by atoms with Crippen molar-refractivity contribution in [2.75, 3.05) is 39.4 Å². The predicted octanol–water partition coefficient (Wildman–Crippen LogP) is 2.31. The average molecular weight is 442 g/mol. The maximum absolute atomic E-state index is 14.8. The van der Waals surface area contributed by atoms with E-state index in [2.05, 4.69) is 15.1 Å². The van der Waals surface area contributed by atoms with Crippen LogP contribution in [0, 0.1) is 19.7 Å². The summed E-state index contributed by atoms with van der Waals surface area (Å²) >= 11 is 0. The first-order valence-corrected chi connectivity index (χ1v) is 10.7. The second-order valence-electron chi connectivity index (χ2n) is 8.13. The van der Waals surface area contributed by atoms with E-state index >= 15 is 0 Å². The van der Waals surface area contributed by atoms with E-state index in [1.54, 1.807) is 32.0 Å². The van der Waals surface area contributed by atoms with Gasteiger partial charge in [-0.2, -0.15) is 5.10 Å². The van der Waals surface area contributed by atoms with E-state index in [9.17, 15) is 19.1 Å². The molecule has 9 heteroatoms. The van der Waals surface area contributed by atoms with Crippen LogP contribution in [-0.2, 0) is 14.3 Å². The van der Waals surface area contributed by atoms with Crippen molar-refractivity contribution in [3.8, 4) is 0 Å². The highest BCUT2D eigenvalue weighted by Gasteiger charge is 2.47. The number of H-pyrrole nitrogens is 1. The second-order valence-corrected chi connectivity index (χ2v) is 8.13. The van der Waals surface area contributed by atoms with Crippen molar-refractivity contribution in [2.24, 2.45) is 0 Å². The Morgan fingerprint density at radius 3 is 2.59 bits per heavy atom. The van der Waals surface area contributed by atoms with Gasteiger partial charge in [-0.1, -0.05) is 18.2 Å². The lowest BCUT2D eigenvalue weighted by molar-refractivity contribution is -0.140. The number of benzene rings is 1. The van der Waals surface area contributed by atoms with E-state index in [-0.39, 0.29) is 23.4 Å². The van der Waals surface area contributed by atoms with Crippen LogP contribution in [0.2, 0.25) is 0 Å². The normalized spacial score (nSPS) is 21.5. The minimum Gasteiger partial charge on any atom is -0.507 e. The Bertz CT molecular complexity index is 1040. The van der Waals surface area contributed by atoms with Gasteiger partial charge >= 0.3 is 0 Å². The number of ketones is 1. The van der Waals surface area contributed by atoms with Crippen molar-refractivity contribution < 1.29 is 23.8 Å². The number of halogens is 1. The van der Waals surface area contributed by atoms with Gasteiger partial charge in [0.15, 0.2) is 0 Å². The molecule has 0 spiro atoms. The molecule has 0 saturated carbocycles. The zero-order valence-corrected chi connectivity index (χ0v) is 18.2. The summed E-state index contributed by atoms with van der Waals surface area (Å²) in [6.07, 6.45) is 0.613. The lowest BCUT2D eigenvalue weighted by atomic mass is 9.94. The first-order valence-electron chi connectivity index (χ1n) is 10.7. The Labute approximate surface area is 185 Å². The minimum absolute atomic E-state index is 0.112. The molecule has 0 bridgehead atoms. The van der Waals surface area contributed by atoms with E-state index in [1.807, 2.05) is 0 Å². The molecule has 8 nitrogen and oxygen atoms in total. The smallest absolute Gasteiger partial charge is 0.295 e. The van der Waals surface area contributed by atoms with Gasteiger partial charge in [-0.15, -0.1) is 0 Å². The van der Waals surface area contributed by atoms with Gasteiger partial charge in [0.2, 0.25) is 0 Å². The fraction of sp³-hybridized carbons (Fsp3) is 0.435. The summed E-state index contributed by atoms with van der Waals surface area (Å²) in [4.78, 5) is 29.6. The number of morpholine rings is 1. The number of amides is 1. The van der Waals surface area contributed by atoms with Crippen LogP contribution in [0.15, 0.2) is 29.8 Å². The zero-order chi connectivity index (χ0) is 22.8. The number of nitrogens with one attached hydrogen (secondary N) is 1. The molecule has 1 aromatic heterocycles. The number of aryl methyl sites for hydroxylation is 2. The fourth-order valence-corrected chi connectivity index (χ4v) is 4.45. The molecule has 1 amide bonds. The van der Waals surface area contributed by atoms with Crippen molar-refractivity contribution in [1.29, 1.82) is 0 Å². The molecular formula is C23H27FN4O4. The Hall–Kier alpha value is -3.04. The van der Waals surface area contributed by atoms with Crippen LogP contribution in [0.5, 0.6) is 0 Å². The number of aromatic nitrogens is 2. The highest BCUT2D eigenvalue weighted by Crippen LogP contribution is 2.41. The summed E-state index contributed by atoms with van der Waals surface area (Å²) in [5.74, 6) is -2.43. The lowest BCUT2D eigenvalue weighted by Gasteiger charge is -2.29. The summed E-state index contributed by atoms with van der Waals surface area (Å²) in [6, 6.07) is 5.03. The molecule has 0 radical (unpaired) electrons. The van der Waals surface area contributed by atoms with Crippen molar-refractivity contribution in [3.63, 3.8) is 0 Å². The number of aromatic amines is 1. The highest BCUT2D eigenvalue weighted by molar-refractivity contribution is 6.46. The second kappa shape index (κ2) is 9.22. The number of carbonyl (C=O) groups is 2. The molecule has 0 unspecified atom stereocenters. The molecule has 1 atom stereocenters. The van der Waals surface area contributed by atoms with E-state index in [0.29, 0.717) is 36.6 Å². The topological polar surface area (TPSA) is 98.8 Å². The molecule has 2 aromatic rings. The zero-order valence-electron chi connectivity index (χ0n) is 18.2. The summed E-state index contributed by atoms with van der Waals surface area (Å²) in [6.45, 7) is 7.37. The van der Waals surface area contributed by atoms with Crippen LogP contribution in [-0.4, -0.2) is 76.2 Å². The van der Waals surface area contributed by atoms with Crippen LogP contribution in [0.1, 0.15) is 35.0 Å². The average Bonchev–Trinajstić information content (AvgIpc) is 3.25. The van der Waals surface area contributed by atoms with Gasteiger partial charge in [0.05, 0.1) is 36.1 Å². The number of aliphatic hydroxyl groups excluding tert-OH is 1. The Morgan fingerprint density at radius 2 is 1.94 bits per heavy atom. The predicted molar refractivity (Wildman–Crippen MR) is 115 cm³/mol. The molecule has 0 aliphatic carbocycles. The number of rotatable bonds is 6. The summed E-state index contributed by atoms with van der Waals surface area (Å²) < 4.78 is 20.2. The minimum atomic E-state index is -1.01. The molecule has 2 N–H and O–H groups in total. The molecule has 1 aromatic carbocycles. The maximum Gasteiger partial charge on any atom is 0.295 e. The lowest BCUT2D eigenvalue weighted by Crippen LogP contribution is -2.39. The van der Waals surface area contributed by atoms with Gasteiger partial charge in [0.25, 0.3) is 11.7 Å². The van der Waals surface area contributed by atoms with Crippen LogP contribution in [0.3, 0.4) is 0 Å². The van der Waals surface area contributed by atoms with Gasteiger partial charge < -0.3 is 14.7 Å². The largest absolute Gasteiger partial charge is 0.507 e. The SMILES string of the molecule is Cc1n[nH]c(C)c1C(O)=C1C(=O)C(=O)N(CCCN2CCOCC2)[C@@H]1c1ccccc1F. The third-order valence-corrected chi connectivity index (χ3v) is 6.08. The van der Waals surface area contributed by atoms with Crippen molar-refractivity contribution >= 4 is 17.4 Å². The first-order chi connectivity index (χ1) is 15.4. The number of likely N-dealkylation sites (tertiary alicyclic amines) is 1. The first kappa shape index (κ1) is 22.2. The number of ether oxygens (including phenoxy) is 1. The van der Waals surface area contributed by atoms with E-state index < -0.39 is 23.5 Å². The number of aliphatic hydroxyl groups is 1. The van der Waals surface area contributed by atoms with Crippen LogP contribution in [0.25, 0.3) is 5.76 Å². The van der Waals surface area contributed by atoms with Gasteiger partial charge in [-0.25, -0.2) is 4.39 Å². The molecule has 2 fully saturated rings. The molecule has 2 aliphatic rings.